The van der Waals surface area contributed by atoms with Crippen molar-refractivity contribution in [2.45, 2.75) is 103 Å². The molecule has 0 unspecified atom stereocenters. The summed E-state index contributed by atoms with van der Waals surface area (Å²) in [5.74, 6) is -3.23. The largest absolute Gasteiger partial charge is 0.481 e. The Morgan fingerprint density at radius 2 is 1.86 bits per heavy atom. The molecule has 0 aliphatic carbocycles. The molecule has 3 fully saturated rings. The number of rotatable bonds is 12. The van der Waals surface area contributed by atoms with Gasteiger partial charge in [-0.2, -0.15) is 0 Å². The van der Waals surface area contributed by atoms with Crippen molar-refractivity contribution in [2.24, 2.45) is 17.3 Å². The molecule has 2 amide bonds. The van der Waals surface area contributed by atoms with Gasteiger partial charge < -0.3 is 24.7 Å². The number of unbranched alkanes of at least 4 members (excludes halogenated alkanes) is 3. The molecule has 8 nitrogen and oxygen atoms in total. The number of carbonyl (C=O) groups excluding carboxylic acids is 2. The predicted molar refractivity (Wildman–Crippen MR) is 133 cm³/mol. The van der Waals surface area contributed by atoms with Crippen LogP contribution in [0.1, 0.15) is 79.6 Å². The van der Waals surface area contributed by atoms with E-state index in [2.05, 4.69) is 27.4 Å². The first-order valence-electron chi connectivity index (χ1n) is 13.0. The van der Waals surface area contributed by atoms with Gasteiger partial charge in [0.1, 0.15) is 11.6 Å². The number of hydrogen-bond acceptors (Lipinski definition) is 5. The van der Waals surface area contributed by atoms with Crippen molar-refractivity contribution in [3.63, 3.8) is 0 Å². The number of hydrogen-bond donors (Lipinski definition) is 2. The lowest BCUT2D eigenvalue weighted by Gasteiger charge is -2.45. The maximum absolute atomic E-state index is 14.4. The van der Waals surface area contributed by atoms with Crippen LogP contribution in [-0.4, -0.2) is 80.8 Å². The summed E-state index contributed by atoms with van der Waals surface area (Å²) in [6.45, 7) is 15.2. The summed E-state index contributed by atoms with van der Waals surface area (Å²) in [4.78, 5) is 43.7. The molecule has 0 aromatic heterocycles. The van der Waals surface area contributed by atoms with E-state index in [1.165, 1.54) is 0 Å². The van der Waals surface area contributed by atoms with Gasteiger partial charge in [0.15, 0.2) is 0 Å². The molecule has 198 valence electrons. The zero-order valence-electron chi connectivity index (χ0n) is 22.1. The molecule has 0 saturated carbocycles. The molecule has 5 atom stereocenters. The number of amides is 2. The Balaban J connectivity index is 1.98. The summed E-state index contributed by atoms with van der Waals surface area (Å²) in [5, 5.41) is 19.0. The Morgan fingerprint density at radius 3 is 2.43 bits per heavy atom. The van der Waals surface area contributed by atoms with E-state index in [0.29, 0.717) is 38.8 Å². The highest BCUT2D eigenvalue weighted by Crippen LogP contribution is 2.58. The van der Waals surface area contributed by atoms with E-state index >= 15 is 0 Å². The van der Waals surface area contributed by atoms with Gasteiger partial charge in [-0.05, 0) is 51.4 Å². The smallest absolute Gasteiger partial charge is 0.310 e. The molecule has 0 aromatic carbocycles. The first-order valence-corrected chi connectivity index (χ1v) is 13.0. The van der Waals surface area contributed by atoms with E-state index in [4.69, 9.17) is 9.84 Å². The molecule has 3 aliphatic heterocycles. The van der Waals surface area contributed by atoms with Gasteiger partial charge in [0.05, 0.1) is 17.9 Å². The van der Waals surface area contributed by atoms with Crippen molar-refractivity contribution in [2.75, 3.05) is 19.7 Å². The van der Waals surface area contributed by atoms with Gasteiger partial charge in [0.2, 0.25) is 11.8 Å². The highest BCUT2D eigenvalue weighted by Gasteiger charge is 2.75. The molecule has 3 saturated heterocycles. The summed E-state index contributed by atoms with van der Waals surface area (Å²) in [7, 11) is 0. The van der Waals surface area contributed by atoms with Crippen molar-refractivity contribution in [1.82, 2.24) is 9.80 Å². The van der Waals surface area contributed by atoms with Gasteiger partial charge in [-0.15, -0.1) is 6.58 Å². The zero-order valence-corrected chi connectivity index (χ0v) is 22.1. The summed E-state index contributed by atoms with van der Waals surface area (Å²) < 4.78 is 6.33. The van der Waals surface area contributed by atoms with Gasteiger partial charge in [-0.3, -0.25) is 14.4 Å². The van der Waals surface area contributed by atoms with E-state index in [-0.39, 0.29) is 23.8 Å². The van der Waals surface area contributed by atoms with Crippen LogP contribution in [0.15, 0.2) is 12.7 Å². The normalized spacial score (nSPS) is 30.0. The fourth-order valence-corrected chi connectivity index (χ4v) is 7.01. The lowest BCUT2D eigenvalue weighted by molar-refractivity contribution is -0.153. The number of aliphatic hydroxyl groups is 1. The number of carbonyl (C=O) groups is 3. The van der Waals surface area contributed by atoms with E-state index in [1.54, 1.807) is 11.0 Å². The van der Waals surface area contributed by atoms with Crippen LogP contribution in [0, 0.1) is 17.3 Å². The summed E-state index contributed by atoms with van der Waals surface area (Å²) in [6.07, 6.45) is 6.02. The second-order valence-corrected chi connectivity index (χ2v) is 12.4. The fraction of sp³-hybridized carbons (Fsp3) is 0.815. The third-order valence-electron chi connectivity index (χ3n) is 7.90. The number of aliphatic carboxylic acids is 1. The van der Waals surface area contributed by atoms with Crippen molar-refractivity contribution >= 4 is 17.8 Å². The van der Waals surface area contributed by atoms with Crippen LogP contribution >= 0.6 is 0 Å². The Labute approximate surface area is 209 Å². The van der Waals surface area contributed by atoms with Crippen molar-refractivity contribution in [3.05, 3.63) is 12.7 Å². The number of fused-ring (bicyclic) bond motifs is 1. The summed E-state index contributed by atoms with van der Waals surface area (Å²) >= 11 is 0. The van der Waals surface area contributed by atoms with Gasteiger partial charge in [0, 0.05) is 25.2 Å². The number of carboxylic acid groups (broad SMARTS) is 1. The number of ether oxygens (including phenoxy) is 1. The standard InChI is InChI=1S/C27H44N2O6/c1-7-14-29(26(5,6)17-25(2,3)4)23(32)21-27-13-12-18(35-27)19(24(33)34)20(27)22(31)28(21)15-10-8-9-11-16-30/h7,18-21,30H,1,8-17H2,2-6H3,(H,33,34)/t18-,19+,20+,21-,27+/m0/s1. The van der Waals surface area contributed by atoms with Crippen LogP contribution in [0.5, 0.6) is 0 Å². The Bertz CT molecular complexity index is 834. The minimum absolute atomic E-state index is 0.0291. The number of likely N-dealkylation sites (tertiary alicyclic amines) is 1. The monoisotopic (exact) mass is 492 g/mol. The van der Waals surface area contributed by atoms with Gasteiger partial charge in [0.25, 0.3) is 0 Å². The van der Waals surface area contributed by atoms with Crippen molar-refractivity contribution < 1.29 is 29.3 Å². The lowest BCUT2D eigenvalue weighted by atomic mass is 9.70. The van der Waals surface area contributed by atoms with E-state index in [1.807, 2.05) is 18.7 Å². The molecule has 3 heterocycles. The predicted octanol–water partition coefficient (Wildman–Crippen LogP) is 3.23. The second-order valence-electron chi connectivity index (χ2n) is 12.4. The number of aliphatic hydroxyl groups excluding tert-OH is 1. The summed E-state index contributed by atoms with van der Waals surface area (Å²) in [6, 6.07) is -0.841. The average molecular weight is 493 g/mol. The highest BCUT2D eigenvalue weighted by molar-refractivity contribution is 5.98. The maximum atomic E-state index is 14.4. The van der Waals surface area contributed by atoms with Crippen molar-refractivity contribution in [3.8, 4) is 0 Å². The molecule has 2 N–H and O–H groups in total. The molecule has 3 aliphatic rings. The SMILES string of the molecule is C=CCN(C(=O)[C@@H]1N(CCCCCCO)C(=O)[C@H]2[C@H](C(=O)O)[C@@H]3CC[C@]12O3)C(C)(C)CC(C)(C)C. The third-order valence-corrected chi connectivity index (χ3v) is 7.90. The first kappa shape index (κ1) is 27.7. The Morgan fingerprint density at radius 1 is 1.20 bits per heavy atom. The van der Waals surface area contributed by atoms with Gasteiger partial charge in [-0.1, -0.05) is 39.7 Å². The minimum atomic E-state index is -1.09. The van der Waals surface area contributed by atoms with Gasteiger partial charge >= 0.3 is 5.97 Å². The van der Waals surface area contributed by atoms with E-state index < -0.39 is 41.1 Å². The van der Waals surface area contributed by atoms with Gasteiger partial charge in [-0.25, -0.2) is 0 Å². The van der Waals surface area contributed by atoms with E-state index in [9.17, 15) is 19.5 Å². The van der Waals surface area contributed by atoms with Crippen LogP contribution < -0.4 is 0 Å². The second kappa shape index (κ2) is 10.2. The number of carboxylic acids is 1. The van der Waals surface area contributed by atoms with Crippen LogP contribution in [0.2, 0.25) is 0 Å². The molecule has 1 spiro atoms. The lowest BCUT2D eigenvalue weighted by Crippen LogP contribution is -2.61. The topological polar surface area (TPSA) is 107 Å². The molecule has 3 rings (SSSR count). The maximum Gasteiger partial charge on any atom is 0.310 e. The quantitative estimate of drug-likeness (QED) is 0.320. The molecule has 0 aromatic rings. The average Bonchev–Trinajstić information content (AvgIpc) is 3.37. The Kier molecular flexibility index (Phi) is 8.07. The number of nitrogens with zero attached hydrogens (tertiary/aromatic N) is 2. The zero-order chi connectivity index (χ0) is 26.2. The van der Waals surface area contributed by atoms with Crippen LogP contribution in [0.3, 0.4) is 0 Å². The van der Waals surface area contributed by atoms with E-state index in [0.717, 1.165) is 19.3 Å². The molecular weight excluding hydrogens is 448 g/mol. The first-order chi connectivity index (χ1) is 16.3. The molecule has 2 bridgehead atoms. The summed E-state index contributed by atoms with van der Waals surface area (Å²) in [5.41, 5.74) is -1.63. The van der Waals surface area contributed by atoms with Crippen molar-refractivity contribution in [1.29, 1.82) is 0 Å². The van der Waals surface area contributed by atoms with Crippen LogP contribution in [0.4, 0.5) is 0 Å². The van der Waals surface area contributed by atoms with Crippen LogP contribution in [0.25, 0.3) is 0 Å². The Hall–Kier alpha value is -1.93. The molecule has 35 heavy (non-hydrogen) atoms. The van der Waals surface area contributed by atoms with Crippen LogP contribution in [-0.2, 0) is 19.1 Å². The fourth-order valence-electron chi connectivity index (χ4n) is 7.01. The molecule has 0 radical (unpaired) electrons. The molecule has 8 heteroatoms. The molecular formula is C27H44N2O6. The third kappa shape index (κ3) is 5.15. The minimum Gasteiger partial charge on any atom is -0.481 e. The highest BCUT2D eigenvalue weighted by atomic mass is 16.5.